The molecule has 1 unspecified atom stereocenters. The standard InChI is InChI=1S/C20H25F3N2O4/c1-11-12(2)17-14(13(3)16(11)27)5-6-19(4,29-17)18(28)25-9-15(26)24(10-25)8-7-20(21,22)23/h27H,5-10H2,1-4H3. The lowest BCUT2D eigenvalue weighted by Gasteiger charge is -2.38. The van der Waals surface area contributed by atoms with Gasteiger partial charge in [-0.25, -0.2) is 0 Å². The lowest BCUT2D eigenvalue weighted by Crippen LogP contribution is -2.52. The number of carbonyl (C=O) groups is 2. The van der Waals surface area contributed by atoms with Gasteiger partial charge in [0, 0.05) is 18.5 Å². The topological polar surface area (TPSA) is 70.1 Å². The second kappa shape index (κ2) is 7.11. The van der Waals surface area contributed by atoms with E-state index in [1.165, 1.54) is 4.90 Å². The molecule has 1 saturated heterocycles. The Bertz CT molecular complexity index is 869. The zero-order valence-corrected chi connectivity index (χ0v) is 16.9. The molecule has 1 aromatic rings. The van der Waals surface area contributed by atoms with Crippen LogP contribution in [0, 0.1) is 20.8 Å². The van der Waals surface area contributed by atoms with E-state index in [0.717, 1.165) is 16.0 Å². The van der Waals surface area contributed by atoms with Gasteiger partial charge in [0.05, 0.1) is 13.1 Å². The summed E-state index contributed by atoms with van der Waals surface area (Å²) >= 11 is 0. The van der Waals surface area contributed by atoms with Crippen molar-refractivity contribution in [3.63, 3.8) is 0 Å². The van der Waals surface area contributed by atoms with Crippen molar-refractivity contribution in [3.05, 3.63) is 22.3 Å². The van der Waals surface area contributed by atoms with Crippen LogP contribution < -0.4 is 4.74 Å². The van der Waals surface area contributed by atoms with E-state index in [9.17, 15) is 27.9 Å². The summed E-state index contributed by atoms with van der Waals surface area (Å²) < 4.78 is 43.5. The number of rotatable bonds is 3. The number of hydrogen-bond donors (Lipinski definition) is 1. The molecule has 0 aliphatic carbocycles. The molecule has 160 valence electrons. The molecular formula is C20H25F3N2O4. The summed E-state index contributed by atoms with van der Waals surface area (Å²) in [6, 6.07) is 0. The van der Waals surface area contributed by atoms with Crippen LogP contribution in [0.1, 0.15) is 42.0 Å². The van der Waals surface area contributed by atoms with Gasteiger partial charge < -0.3 is 19.6 Å². The molecule has 0 bridgehead atoms. The highest BCUT2D eigenvalue weighted by Crippen LogP contribution is 2.43. The Morgan fingerprint density at radius 2 is 1.86 bits per heavy atom. The van der Waals surface area contributed by atoms with Crippen LogP contribution in [-0.2, 0) is 16.0 Å². The van der Waals surface area contributed by atoms with E-state index in [1.807, 2.05) is 6.92 Å². The first-order chi connectivity index (χ1) is 13.3. The average molecular weight is 414 g/mol. The quantitative estimate of drug-likeness (QED) is 0.826. The molecule has 1 N–H and O–H groups in total. The molecule has 0 saturated carbocycles. The third-order valence-corrected chi connectivity index (χ3v) is 5.94. The van der Waals surface area contributed by atoms with Crippen molar-refractivity contribution >= 4 is 11.8 Å². The lowest BCUT2D eigenvalue weighted by molar-refractivity contribution is -0.148. The summed E-state index contributed by atoms with van der Waals surface area (Å²) in [6.45, 7) is 6.11. The first-order valence-electron chi connectivity index (χ1n) is 9.48. The van der Waals surface area contributed by atoms with Crippen molar-refractivity contribution in [2.75, 3.05) is 19.8 Å². The fourth-order valence-electron chi connectivity index (χ4n) is 3.92. The number of alkyl halides is 3. The van der Waals surface area contributed by atoms with Crippen LogP contribution in [0.4, 0.5) is 13.2 Å². The fraction of sp³-hybridized carbons (Fsp3) is 0.600. The molecule has 2 amide bonds. The van der Waals surface area contributed by atoms with Crippen LogP contribution in [0.25, 0.3) is 0 Å². The van der Waals surface area contributed by atoms with E-state index in [-0.39, 0.29) is 19.0 Å². The summed E-state index contributed by atoms with van der Waals surface area (Å²) in [5.41, 5.74) is 1.75. The number of phenols is 1. The monoisotopic (exact) mass is 414 g/mol. The summed E-state index contributed by atoms with van der Waals surface area (Å²) in [5.74, 6) is -0.159. The normalized spacial score (nSPS) is 22.0. The van der Waals surface area contributed by atoms with Gasteiger partial charge >= 0.3 is 6.18 Å². The minimum atomic E-state index is -4.36. The first kappa shape index (κ1) is 21.3. The van der Waals surface area contributed by atoms with Gasteiger partial charge in [-0.3, -0.25) is 9.59 Å². The van der Waals surface area contributed by atoms with Crippen LogP contribution in [0.15, 0.2) is 0 Å². The van der Waals surface area contributed by atoms with Crippen molar-refractivity contribution in [2.24, 2.45) is 0 Å². The minimum absolute atomic E-state index is 0.174. The van der Waals surface area contributed by atoms with E-state index in [0.29, 0.717) is 29.7 Å². The number of benzene rings is 1. The van der Waals surface area contributed by atoms with Gasteiger partial charge in [-0.05, 0) is 50.8 Å². The highest BCUT2D eigenvalue weighted by atomic mass is 19.4. The maximum Gasteiger partial charge on any atom is 0.390 e. The number of ether oxygens (including phenoxy) is 1. The maximum absolute atomic E-state index is 13.1. The smallest absolute Gasteiger partial charge is 0.390 e. The molecule has 29 heavy (non-hydrogen) atoms. The Kier molecular flexibility index (Phi) is 5.21. The minimum Gasteiger partial charge on any atom is -0.507 e. The number of nitrogens with zero attached hydrogens (tertiary/aromatic N) is 2. The van der Waals surface area contributed by atoms with Gasteiger partial charge in [-0.2, -0.15) is 13.2 Å². The van der Waals surface area contributed by atoms with E-state index < -0.39 is 36.6 Å². The number of aromatic hydroxyl groups is 1. The molecule has 3 rings (SSSR count). The van der Waals surface area contributed by atoms with Crippen molar-refractivity contribution in [1.82, 2.24) is 9.80 Å². The number of carbonyl (C=O) groups excluding carboxylic acids is 2. The molecule has 0 aromatic heterocycles. The van der Waals surface area contributed by atoms with Crippen molar-refractivity contribution in [3.8, 4) is 11.5 Å². The Labute approximate surface area is 167 Å². The largest absolute Gasteiger partial charge is 0.507 e. The van der Waals surface area contributed by atoms with E-state index in [2.05, 4.69) is 0 Å². The first-order valence-corrected chi connectivity index (χ1v) is 9.48. The Balaban J connectivity index is 1.78. The number of hydrogen-bond acceptors (Lipinski definition) is 4. The van der Waals surface area contributed by atoms with Crippen molar-refractivity contribution < 1.29 is 32.6 Å². The fourth-order valence-corrected chi connectivity index (χ4v) is 3.92. The molecule has 6 nitrogen and oxygen atoms in total. The zero-order chi connectivity index (χ0) is 21.7. The van der Waals surface area contributed by atoms with Crippen LogP contribution in [0.3, 0.4) is 0 Å². The van der Waals surface area contributed by atoms with Crippen LogP contribution >= 0.6 is 0 Å². The van der Waals surface area contributed by atoms with E-state index >= 15 is 0 Å². The summed E-state index contributed by atoms with van der Waals surface area (Å²) in [6.07, 6.45) is -4.62. The van der Waals surface area contributed by atoms with Gasteiger partial charge in [-0.15, -0.1) is 0 Å². The van der Waals surface area contributed by atoms with E-state index in [1.54, 1.807) is 20.8 Å². The average Bonchev–Trinajstić information content (AvgIpc) is 3.02. The zero-order valence-electron chi connectivity index (χ0n) is 16.9. The highest BCUT2D eigenvalue weighted by molar-refractivity contribution is 5.92. The molecule has 1 aromatic carbocycles. The van der Waals surface area contributed by atoms with Gasteiger partial charge in [0.15, 0.2) is 5.60 Å². The number of halogens is 3. The molecule has 2 heterocycles. The van der Waals surface area contributed by atoms with Crippen molar-refractivity contribution in [1.29, 1.82) is 0 Å². The predicted octanol–water partition coefficient (Wildman–Crippen LogP) is 2.98. The molecule has 1 atom stereocenters. The molecule has 1 fully saturated rings. The maximum atomic E-state index is 13.1. The summed E-state index contributed by atoms with van der Waals surface area (Å²) in [4.78, 5) is 27.5. The number of phenolic OH excluding ortho intramolecular Hbond substituents is 1. The Hall–Kier alpha value is -2.45. The molecule has 0 radical (unpaired) electrons. The highest BCUT2D eigenvalue weighted by Gasteiger charge is 2.46. The number of fused-ring (bicyclic) bond motifs is 1. The van der Waals surface area contributed by atoms with E-state index in [4.69, 9.17) is 4.74 Å². The Morgan fingerprint density at radius 1 is 1.21 bits per heavy atom. The second-order valence-electron chi connectivity index (χ2n) is 8.03. The van der Waals surface area contributed by atoms with Crippen LogP contribution in [0.5, 0.6) is 11.5 Å². The van der Waals surface area contributed by atoms with Crippen molar-refractivity contribution in [2.45, 2.75) is 58.7 Å². The third kappa shape index (κ3) is 3.86. The van der Waals surface area contributed by atoms with Gasteiger partial charge in [0.1, 0.15) is 18.0 Å². The molecule has 2 aliphatic rings. The van der Waals surface area contributed by atoms with Crippen LogP contribution in [0.2, 0.25) is 0 Å². The third-order valence-electron chi connectivity index (χ3n) is 5.94. The van der Waals surface area contributed by atoms with Gasteiger partial charge in [0.25, 0.3) is 5.91 Å². The summed E-state index contributed by atoms with van der Waals surface area (Å²) in [7, 11) is 0. The molecule has 0 spiro atoms. The predicted molar refractivity (Wildman–Crippen MR) is 98.6 cm³/mol. The second-order valence-corrected chi connectivity index (χ2v) is 8.03. The lowest BCUT2D eigenvalue weighted by atomic mass is 9.86. The van der Waals surface area contributed by atoms with Gasteiger partial charge in [-0.1, -0.05) is 0 Å². The Morgan fingerprint density at radius 3 is 2.48 bits per heavy atom. The van der Waals surface area contributed by atoms with Gasteiger partial charge in [0.2, 0.25) is 5.91 Å². The molecular weight excluding hydrogens is 389 g/mol. The number of amides is 2. The van der Waals surface area contributed by atoms with Crippen LogP contribution in [-0.4, -0.2) is 58.3 Å². The molecule has 2 aliphatic heterocycles. The molecule has 9 heteroatoms. The SMILES string of the molecule is Cc1c(C)c2c(c(C)c1O)CCC(C)(C(=O)N1CC(=O)N(CCC(F)(F)F)C1)O2. The summed E-state index contributed by atoms with van der Waals surface area (Å²) in [5, 5.41) is 10.3.